The maximum Gasteiger partial charge on any atom is 0.314 e. The molecule has 3 saturated carbocycles. The van der Waals surface area contributed by atoms with Crippen LogP contribution in [0.3, 0.4) is 0 Å². The van der Waals surface area contributed by atoms with Crippen molar-refractivity contribution >= 4 is 11.9 Å². The van der Waals surface area contributed by atoms with E-state index in [1.54, 1.807) is 0 Å². The van der Waals surface area contributed by atoms with Crippen molar-refractivity contribution in [3.05, 3.63) is 23.8 Å². The van der Waals surface area contributed by atoms with Gasteiger partial charge in [-0.15, -0.1) is 0 Å². The number of hydrogen-bond donors (Lipinski definition) is 9. The molecule has 8 fully saturated rings. The van der Waals surface area contributed by atoms with Gasteiger partial charge in [0.25, 0.3) is 0 Å². The first kappa shape index (κ1) is 64.1. The Morgan fingerprint density at radius 3 is 2.12 bits per heavy atom. The molecule has 0 bridgehead atoms. The Bertz CT molecular complexity index is 2300. The van der Waals surface area contributed by atoms with Crippen molar-refractivity contribution in [2.45, 2.75) is 261 Å². The molecule has 5 heterocycles. The van der Waals surface area contributed by atoms with Gasteiger partial charge in [-0.2, -0.15) is 0 Å². The smallest absolute Gasteiger partial charge is 0.314 e. The number of ether oxygens (including phenoxy) is 12. The molecule has 23 heteroatoms. The van der Waals surface area contributed by atoms with E-state index >= 15 is 0 Å². The van der Waals surface area contributed by atoms with Crippen molar-refractivity contribution < 1.29 is 112 Å². The van der Waals surface area contributed by atoms with E-state index in [0.29, 0.717) is 38.7 Å². The molecule has 27 atom stereocenters. The van der Waals surface area contributed by atoms with Gasteiger partial charge < -0.3 is 103 Å². The second-order valence-corrected chi connectivity index (χ2v) is 26.7. The number of rotatable bonds is 18. The van der Waals surface area contributed by atoms with Crippen molar-refractivity contribution in [3.8, 4) is 0 Å². The van der Waals surface area contributed by atoms with Gasteiger partial charge in [-0.3, -0.25) is 9.59 Å². The molecule has 5 aliphatic heterocycles. The standard InChI is InChI=1S/C59H94O23/c1-12-13-23-74-54(4,5)19-14-20-58(10)48-34(76-29(3)61)24-57(9)31-15-16-36-55(6,7)37(18-21-56(36,8)30(31)17-22-59(48,57)53(70)82-58)78-52-47(38(64)32(62)26-73-52)81-50-41(67)40(66)44(28(2)75-50)79-51-43(69)46(39(65)35(25-60)77-51)80-49-42(68)45(71-11)33(63)27-72-49/h14-15,19,28,30,32-52,60,62-69H,12-13,16-18,20-27H2,1-11H3. The number of carbonyl (C=O) groups excluding carboxylic acids is 2. The topological polar surface area (TPSA) is 327 Å². The Hall–Kier alpha value is -2.34. The van der Waals surface area contributed by atoms with Crippen LogP contribution in [-0.2, 0) is 66.4 Å². The number of aliphatic hydroxyl groups is 9. The molecule has 27 unspecified atom stereocenters. The number of unbranched alkanes of at least 4 members (excludes halogenated alkanes) is 1. The second kappa shape index (κ2) is 24.3. The molecule has 5 saturated heterocycles. The average molecular weight is 1170 g/mol. The summed E-state index contributed by atoms with van der Waals surface area (Å²) in [6.45, 7) is 19.2. The summed E-state index contributed by atoms with van der Waals surface area (Å²) >= 11 is 0. The molecule has 9 rings (SSSR count). The summed E-state index contributed by atoms with van der Waals surface area (Å²) in [6, 6.07) is 0. The first-order valence-electron chi connectivity index (χ1n) is 29.7. The molecule has 0 aromatic heterocycles. The molecule has 4 aliphatic carbocycles. The van der Waals surface area contributed by atoms with Crippen LogP contribution in [0, 0.1) is 39.4 Å². The van der Waals surface area contributed by atoms with Gasteiger partial charge in [0.2, 0.25) is 0 Å². The van der Waals surface area contributed by atoms with Gasteiger partial charge in [0.05, 0.1) is 49.0 Å². The highest BCUT2D eigenvalue weighted by Crippen LogP contribution is 2.76. The lowest BCUT2D eigenvalue weighted by atomic mass is 9.41. The van der Waals surface area contributed by atoms with Crippen molar-refractivity contribution in [1.82, 2.24) is 0 Å². The summed E-state index contributed by atoms with van der Waals surface area (Å²) in [5.41, 5.74) is -2.61. The number of allylic oxidation sites excluding steroid dienone is 2. The van der Waals surface area contributed by atoms with Crippen LogP contribution in [0.2, 0.25) is 0 Å². The highest BCUT2D eigenvalue weighted by molar-refractivity contribution is 5.84. The minimum absolute atomic E-state index is 0.0593. The zero-order chi connectivity index (χ0) is 59.8. The van der Waals surface area contributed by atoms with Crippen molar-refractivity contribution in [1.29, 1.82) is 0 Å². The third-order valence-corrected chi connectivity index (χ3v) is 20.8. The molecule has 82 heavy (non-hydrogen) atoms. The van der Waals surface area contributed by atoms with Gasteiger partial charge in [-0.25, -0.2) is 0 Å². The summed E-state index contributed by atoms with van der Waals surface area (Å²) < 4.78 is 72.4. The van der Waals surface area contributed by atoms with E-state index in [1.807, 2.05) is 32.9 Å². The number of hydrogen-bond acceptors (Lipinski definition) is 23. The Balaban J connectivity index is 0.884. The van der Waals surface area contributed by atoms with Crippen LogP contribution < -0.4 is 0 Å². The average Bonchev–Trinajstić information content (AvgIpc) is 4.05. The molecule has 23 nitrogen and oxygen atoms in total. The summed E-state index contributed by atoms with van der Waals surface area (Å²) in [6.07, 6.45) is -15.8. The molecule has 0 aromatic carbocycles. The number of carbonyl (C=O) groups is 2. The lowest BCUT2D eigenvalue weighted by Crippen LogP contribution is -2.66. The molecular weight excluding hydrogens is 1080 g/mol. The molecule has 0 aromatic rings. The number of methoxy groups -OCH3 is 1. The Morgan fingerprint density at radius 1 is 0.780 bits per heavy atom. The van der Waals surface area contributed by atoms with Crippen LogP contribution in [-0.4, -0.2) is 225 Å². The highest BCUT2D eigenvalue weighted by Gasteiger charge is 2.79. The SMILES string of the molecule is CCCCOC(C)(C)C=CCC1(C)OC(=O)C23CCC4C(=CCC5C(C)(C)C(OC6OCC(O)C(O)C6OC6OC(C)C(OC7OC(CO)C(O)C(OC8OCC(O)C(OC)C8O)C7O)C(O)C6O)CCC45C)C2(C)CC(OC(C)=O)C13. The quantitative estimate of drug-likeness (QED) is 0.0535. The first-order chi connectivity index (χ1) is 38.5. The Kier molecular flexibility index (Phi) is 19.0. The normalized spacial score (nSPS) is 49.3. The first-order valence-corrected chi connectivity index (χ1v) is 29.7. The number of cyclic esters (lactones) is 1. The van der Waals surface area contributed by atoms with Crippen LogP contribution in [0.25, 0.3) is 0 Å². The minimum Gasteiger partial charge on any atom is -0.462 e. The number of fused-ring (bicyclic) bond motifs is 4. The summed E-state index contributed by atoms with van der Waals surface area (Å²) in [7, 11) is 1.27. The van der Waals surface area contributed by atoms with Crippen molar-refractivity contribution in [3.63, 3.8) is 0 Å². The van der Waals surface area contributed by atoms with E-state index in [0.717, 1.165) is 25.7 Å². The van der Waals surface area contributed by atoms with E-state index < -0.39 is 163 Å². The van der Waals surface area contributed by atoms with E-state index in [1.165, 1.54) is 26.5 Å². The lowest BCUT2D eigenvalue weighted by Gasteiger charge is -2.63. The van der Waals surface area contributed by atoms with Gasteiger partial charge in [-0.05, 0) is 95.3 Å². The van der Waals surface area contributed by atoms with Crippen LogP contribution in [0.4, 0.5) is 0 Å². The fourth-order valence-electron chi connectivity index (χ4n) is 16.5. The molecular formula is C59H94O23. The van der Waals surface area contributed by atoms with E-state index in [2.05, 4.69) is 40.7 Å². The third kappa shape index (κ3) is 11.2. The van der Waals surface area contributed by atoms with Gasteiger partial charge in [-0.1, -0.05) is 64.8 Å². The maximum atomic E-state index is 14.8. The summed E-state index contributed by atoms with van der Waals surface area (Å²) in [4.78, 5) is 27.7. The van der Waals surface area contributed by atoms with Crippen LogP contribution in [0.15, 0.2) is 23.8 Å². The van der Waals surface area contributed by atoms with Crippen LogP contribution in [0.5, 0.6) is 0 Å². The van der Waals surface area contributed by atoms with Gasteiger partial charge in [0, 0.05) is 32.5 Å². The van der Waals surface area contributed by atoms with Crippen molar-refractivity contribution in [2.75, 3.05) is 33.5 Å². The third-order valence-electron chi connectivity index (χ3n) is 20.8. The summed E-state index contributed by atoms with van der Waals surface area (Å²) in [5, 5.41) is 99.4. The zero-order valence-electron chi connectivity index (χ0n) is 49.4. The van der Waals surface area contributed by atoms with Crippen molar-refractivity contribution in [2.24, 2.45) is 39.4 Å². The van der Waals surface area contributed by atoms with Gasteiger partial charge in [0.15, 0.2) is 25.2 Å². The monoisotopic (exact) mass is 1170 g/mol. The lowest BCUT2D eigenvalue weighted by molar-refractivity contribution is -0.387. The highest BCUT2D eigenvalue weighted by atomic mass is 16.8. The zero-order valence-corrected chi connectivity index (χ0v) is 49.4. The largest absolute Gasteiger partial charge is 0.462 e. The molecule has 0 amide bonds. The van der Waals surface area contributed by atoms with Gasteiger partial charge >= 0.3 is 11.9 Å². The van der Waals surface area contributed by atoms with E-state index in [9.17, 15) is 55.5 Å². The van der Waals surface area contributed by atoms with E-state index in [-0.39, 0.29) is 42.4 Å². The maximum absolute atomic E-state index is 14.8. The summed E-state index contributed by atoms with van der Waals surface area (Å²) in [5.74, 6) is -0.880. The van der Waals surface area contributed by atoms with Crippen LogP contribution >= 0.6 is 0 Å². The predicted octanol–water partition coefficient (Wildman–Crippen LogP) is 1.59. The number of aliphatic hydroxyl groups excluding tert-OH is 9. The van der Waals surface area contributed by atoms with Crippen LogP contribution in [0.1, 0.15) is 127 Å². The molecule has 0 radical (unpaired) electrons. The molecule has 9 N–H and O–H groups in total. The predicted molar refractivity (Wildman–Crippen MR) is 285 cm³/mol. The molecule has 9 aliphatic rings. The second-order valence-electron chi connectivity index (χ2n) is 26.7. The molecule has 468 valence electrons. The van der Waals surface area contributed by atoms with Gasteiger partial charge in [0.1, 0.15) is 91.1 Å². The number of esters is 2. The Morgan fingerprint density at radius 2 is 1.44 bits per heavy atom. The minimum atomic E-state index is -1.88. The Labute approximate surface area is 480 Å². The fraction of sp³-hybridized carbons (Fsp3) is 0.898. The fourth-order valence-corrected chi connectivity index (χ4v) is 16.5. The van der Waals surface area contributed by atoms with E-state index in [4.69, 9.17) is 56.8 Å². The molecule has 1 spiro atoms.